The molecule has 2 nitrogen and oxygen atoms in total. The summed E-state index contributed by atoms with van der Waals surface area (Å²) in [5, 5.41) is 0. The Morgan fingerprint density at radius 3 is 1.13 bits per heavy atom. The van der Waals surface area contributed by atoms with Crippen LogP contribution in [0, 0.1) is 0 Å². The summed E-state index contributed by atoms with van der Waals surface area (Å²) in [7, 11) is 0. The second-order valence-corrected chi connectivity index (χ2v) is 18.6. The van der Waals surface area contributed by atoms with Crippen LogP contribution in [0.4, 0.5) is 0 Å². The van der Waals surface area contributed by atoms with E-state index in [2.05, 4.69) is 57.8 Å². The monoisotopic (exact) mass is 792 g/mol. The summed E-state index contributed by atoms with van der Waals surface area (Å²) in [5.74, 6) is 0. The van der Waals surface area contributed by atoms with Gasteiger partial charge in [0.15, 0.2) is 0 Å². The van der Waals surface area contributed by atoms with Crippen LogP contribution in [0.3, 0.4) is 0 Å². The van der Waals surface area contributed by atoms with Crippen molar-refractivity contribution in [3.05, 3.63) is 43.2 Å². The third-order valence-electron chi connectivity index (χ3n) is 8.90. The third kappa shape index (κ3) is 12.1. The molecule has 0 aromatic carbocycles. The number of unbranched alkanes of at least 4 members (excludes halogenated alkanes) is 18. The van der Waals surface area contributed by atoms with Crippen molar-refractivity contribution in [1.29, 1.82) is 0 Å². The van der Waals surface area contributed by atoms with E-state index >= 15 is 0 Å². The molecule has 0 unspecified atom stereocenters. The maximum atomic E-state index is 4.91. The lowest BCUT2D eigenvalue weighted by Gasteiger charge is -2.04. The van der Waals surface area contributed by atoms with Crippen LogP contribution < -0.4 is 0 Å². The Labute approximate surface area is 302 Å². The number of aryl methyl sites for hydroxylation is 2. The number of fused-ring (bicyclic) bond motifs is 1. The lowest BCUT2D eigenvalue weighted by molar-refractivity contribution is 0.556. The normalized spacial score (nSPS) is 11.7. The van der Waals surface area contributed by atoms with Gasteiger partial charge in [0.05, 0.1) is 27.1 Å². The predicted molar refractivity (Wildman–Crippen MR) is 211 cm³/mol. The fourth-order valence-corrected chi connectivity index (χ4v) is 11.3. The molecule has 0 fully saturated rings. The van der Waals surface area contributed by atoms with Crippen molar-refractivity contribution in [3.63, 3.8) is 0 Å². The van der Waals surface area contributed by atoms with Crippen LogP contribution in [0.25, 0.3) is 30.5 Å². The Balaban J connectivity index is 1.37. The number of hydrogen-bond acceptors (Lipinski definition) is 5. The average Bonchev–Trinajstić information content (AvgIpc) is 3.72. The number of halogens is 2. The maximum absolute atomic E-state index is 4.91. The molecule has 0 atom stereocenters. The van der Waals surface area contributed by atoms with E-state index in [9.17, 15) is 0 Å². The summed E-state index contributed by atoms with van der Waals surface area (Å²) in [4.78, 5) is 15.2. The summed E-state index contributed by atoms with van der Waals surface area (Å²) < 4.78 is 2.43. The van der Waals surface area contributed by atoms with Gasteiger partial charge in [-0.15, -0.1) is 34.0 Å². The first-order chi connectivity index (χ1) is 22.1. The standard InChI is InChI=1S/C38H54Br2N2S3/c1-3-5-7-9-11-13-15-17-19-21-23-29-27-31(39)43-35(29)37-33-34(42-26-25-41-33)38(45-37)36-30(28-32(40)44-36)24-22-20-18-16-14-12-10-8-6-4-2/h25-28H,3-24H2,1-2H3. The van der Waals surface area contributed by atoms with Gasteiger partial charge in [0, 0.05) is 12.4 Å². The number of aromatic nitrogens is 2. The minimum Gasteiger partial charge on any atom is -0.251 e. The van der Waals surface area contributed by atoms with Gasteiger partial charge >= 0.3 is 0 Å². The molecule has 0 aliphatic rings. The van der Waals surface area contributed by atoms with Crippen molar-refractivity contribution < 1.29 is 0 Å². The van der Waals surface area contributed by atoms with Gasteiger partial charge < -0.3 is 0 Å². The van der Waals surface area contributed by atoms with Gasteiger partial charge in [-0.05, 0) is 80.8 Å². The Morgan fingerprint density at radius 1 is 0.444 bits per heavy atom. The lowest BCUT2D eigenvalue weighted by Crippen LogP contribution is -1.88. The van der Waals surface area contributed by atoms with Gasteiger partial charge in [0.2, 0.25) is 0 Å². The van der Waals surface area contributed by atoms with Crippen LogP contribution in [0.2, 0.25) is 0 Å². The summed E-state index contributed by atoms with van der Waals surface area (Å²) in [5.41, 5.74) is 5.05. The first-order valence-corrected chi connectivity index (χ1v) is 22.0. The molecule has 0 radical (unpaired) electrons. The minimum atomic E-state index is 1.06. The Kier molecular flexibility index (Phi) is 17.7. The van der Waals surface area contributed by atoms with E-state index in [4.69, 9.17) is 9.97 Å². The fraction of sp³-hybridized carbons (Fsp3) is 0.632. The molecule has 0 spiro atoms. The molecule has 4 heterocycles. The smallest absolute Gasteiger partial charge is 0.109 e. The maximum Gasteiger partial charge on any atom is 0.109 e. The molecule has 0 N–H and O–H groups in total. The van der Waals surface area contributed by atoms with Gasteiger partial charge in [-0.1, -0.05) is 129 Å². The lowest BCUT2D eigenvalue weighted by atomic mass is 10.0. The Morgan fingerprint density at radius 2 is 0.778 bits per heavy atom. The molecular weight excluding hydrogens is 740 g/mol. The van der Waals surface area contributed by atoms with Crippen molar-refractivity contribution in [2.24, 2.45) is 0 Å². The van der Waals surface area contributed by atoms with Crippen molar-refractivity contribution in [3.8, 4) is 19.5 Å². The molecule has 7 heteroatoms. The van der Waals surface area contributed by atoms with E-state index < -0.39 is 0 Å². The molecule has 0 aliphatic carbocycles. The highest BCUT2D eigenvalue weighted by Crippen LogP contribution is 2.50. The molecule has 4 rings (SSSR count). The van der Waals surface area contributed by atoms with E-state index in [-0.39, 0.29) is 0 Å². The Hall–Kier alpha value is -0.600. The predicted octanol–water partition coefficient (Wildman–Crippen LogP) is 15.6. The zero-order valence-electron chi connectivity index (χ0n) is 27.7. The number of nitrogens with zero attached hydrogens (tertiary/aromatic N) is 2. The first kappa shape index (κ1) is 37.2. The largest absolute Gasteiger partial charge is 0.251 e. The highest BCUT2D eigenvalue weighted by molar-refractivity contribution is 9.11. The second kappa shape index (κ2) is 21.4. The molecule has 0 amide bonds. The van der Waals surface area contributed by atoms with Crippen molar-refractivity contribution in [2.45, 2.75) is 155 Å². The first-order valence-electron chi connectivity index (χ1n) is 17.9. The van der Waals surface area contributed by atoms with E-state index in [0.29, 0.717) is 0 Å². The number of thiophene rings is 3. The molecule has 0 bridgehead atoms. The van der Waals surface area contributed by atoms with Crippen molar-refractivity contribution in [1.82, 2.24) is 9.97 Å². The summed E-state index contributed by atoms with van der Waals surface area (Å²) >= 11 is 13.3. The van der Waals surface area contributed by atoms with Gasteiger partial charge in [0.1, 0.15) is 11.0 Å². The van der Waals surface area contributed by atoms with E-state index in [1.165, 1.54) is 167 Å². The van der Waals surface area contributed by atoms with Crippen LogP contribution in [-0.2, 0) is 12.8 Å². The summed E-state index contributed by atoms with van der Waals surface area (Å²) in [6, 6.07) is 4.71. The topological polar surface area (TPSA) is 25.8 Å². The van der Waals surface area contributed by atoms with Gasteiger partial charge in [-0.25, -0.2) is 0 Å². The van der Waals surface area contributed by atoms with Crippen molar-refractivity contribution in [2.75, 3.05) is 0 Å². The third-order valence-corrected chi connectivity index (χ3v) is 13.8. The number of hydrogen-bond donors (Lipinski definition) is 0. The Bertz CT molecular complexity index is 1290. The van der Waals surface area contributed by atoms with Crippen LogP contribution in [-0.4, -0.2) is 9.97 Å². The second-order valence-electron chi connectivity index (χ2n) is 12.7. The van der Waals surface area contributed by atoms with Gasteiger partial charge in [-0.3, -0.25) is 9.97 Å². The quantitative estimate of drug-likeness (QED) is 0.0660. The highest BCUT2D eigenvalue weighted by atomic mass is 79.9. The van der Waals surface area contributed by atoms with Crippen LogP contribution >= 0.6 is 65.9 Å². The molecular formula is C38H54Br2N2S3. The average molecular weight is 795 g/mol. The molecule has 45 heavy (non-hydrogen) atoms. The summed E-state index contributed by atoms with van der Waals surface area (Å²) in [6.07, 6.45) is 33.4. The highest BCUT2D eigenvalue weighted by Gasteiger charge is 2.23. The fourth-order valence-electron chi connectivity index (χ4n) is 6.33. The molecule has 0 aliphatic heterocycles. The molecule has 4 aromatic rings. The number of rotatable bonds is 24. The van der Waals surface area contributed by atoms with Gasteiger partial charge in [0.25, 0.3) is 0 Å². The zero-order chi connectivity index (χ0) is 31.7. The van der Waals surface area contributed by atoms with Crippen LogP contribution in [0.15, 0.2) is 32.1 Å². The molecule has 0 saturated carbocycles. The van der Waals surface area contributed by atoms with Gasteiger partial charge in [-0.2, -0.15) is 0 Å². The van der Waals surface area contributed by atoms with Crippen molar-refractivity contribution >= 4 is 76.9 Å². The molecule has 0 saturated heterocycles. The van der Waals surface area contributed by atoms with E-state index in [1.54, 1.807) is 0 Å². The zero-order valence-corrected chi connectivity index (χ0v) is 33.4. The molecule has 4 aromatic heterocycles. The van der Waals surface area contributed by atoms with E-state index in [0.717, 1.165) is 23.9 Å². The SMILES string of the molecule is CCCCCCCCCCCCc1cc(Br)sc1-c1sc(-c2sc(Br)cc2CCCCCCCCCCCC)c2nccnc12. The molecule has 248 valence electrons. The van der Waals surface area contributed by atoms with E-state index in [1.807, 2.05) is 46.4 Å². The van der Waals surface area contributed by atoms with Crippen LogP contribution in [0.1, 0.15) is 153 Å². The van der Waals surface area contributed by atoms with Crippen LogP contribution in [0.5, 0.6) is 0 Å². The minimum absolute atomic E-state index is 1.06. The summed E-state index contributed by atoms with van der Waals surface area (Å²) in [6.45, 7) is 4.59.